The zero-order valence-electron chi connectivity index (χ0n) is 21.8. The van der Waals surface area contributed by atoms with Gasteiger partial charge in [0.15, 0.2) is 0 Å². The minimum absolute atomic E-state index is 0.0190. The molecule has 5 rings (SSSR count). The molecular formula is C30H32BrN5O3. The highest BCUT2D eigenvalue weighted by Crippen LogP contribution is 2.39. The van der Waals surface area contributed by atoms with Crippen molar-refractivity contribution >= 4 is 45.2 Å². The van der Waals surface area contributed by atoms with E-state index in [2.05, 4.69) is 31.5 Å². The number of benzene rings is 3. The van der Waals surface area contributed by atoms with Crippen molar-refractivity contribution in [2.75, 3.05) is 36.5 Å². The van der Waals surface area contributed by atoms with Gasteiger partial charge in [-0.05, 0) is 61.7 Å². The summed E-state index contributed by atoms with van der Waals surface area (Å²) in [5.41, 5.74) is 1.85. The number of hydrogen-bond donors (Lipinski definition) is 2. The Hall–Kier alpha value is -3.85. The highest BCUT2D eigenvalue weighted by Gasteiger charge is 2.54. The Morgan fingerprint density at radius 1 is 0.923 bits per heavy atom. The van der Waals surface area contributed by atoms with Crippen molar-refractivity contribution in [2.24, 2.45) is 0 Å². The van der Waals surface area contributed by atoms with Crippen LogP contribution in [-0.4, -0.2) is 59.5 Å². The lowest BCUT2D eigenvalue weighted by atomic mass is 9.85. The molecule has 2 saturated heterocycles. The topological polar surface area (TPSA) is 85.0 Å². The van der Waals surface area contributed by atoms with Crippen LogP contribution in [0.4, 0.5) is 16.2 Å². The molecule has 202 valence electrons. The molecule has 2 aliphatic rings. The number of likely N-dealkylation sites (tertiary alicyclic amines) is 1. The smallest absolute Gasteiger partial charge is 0.321 e. The predicted molar refractivity (Wildman–Crippen MR) is 155 cm³/mol. The third kappa shape index (κ3) is 5.78. The van der Waals surface area contributed by atoms with Crippen molar-refractivity contribution in [3.05, 3.63) is 95.0 Å². The average Bonchev–Trinajstić information content (AvgIpc) is 3.21. The normalized spacial score (nSPS) is 17.3. The summed E-state index contributed by atoms with van der Waals surface area (Å²) < 4.78 is 0.939. The third-order valence-electron chi connectivity index (χ3n) is 7.57. The molecule has 2 heterocycles. The first-order chi connectivity index (χ1) is 18.9. The fourth-order valence-electron chi connectivity index (χ4n) is 5.42. The van der Waals surface area contributed by atoms with E-state index in [1.54, 1.807) is 9.80 Å². The number of carbonyl (C=O) groups is 3. The summed E-state index contributed by atoms with van der Waals surface area (Å²) in [6.07, 6.45) is 0.958. The third-order valence-corrected chi connectivity index (χ3v) is 8.10. The van der Waals surface area contributed by atoms with Gasteiger partial charge in [0, 0.05) is 28.9 Å². The second-order valence-electron chi connectivity index (χ2n) is 10.1. The number of para-hydroxylation sites is 1. The van der Waals surface area contributed by atoms with Crippen LogP contribution in [0.5, 0.6) is 0 Å². The zero-order chi connectivity index (χ0) is 27.4. The molecule has 9 heteroatoms. The molecule has 3 aromatic carbocycles. The van der Waals surface area contributed by atoms with E-state index in [0.29, 0.717) is 38.3 Å². The first-order valence-corrected chi connectivity index (χ1v) is 13.9. The monoisotopic (exact) mass is 589 g/mol. The number of halogens is 1. The summed E-state index contributed by atoms with van der Waals surface area (Å²) in [5.74, 6) is -0.266. The van der Waals surface area contributed by atoms with Crippen molar-refractivity contribution in [3.8, 4) is 0 Å². The van der Waals surface area contributed by atoms with E-state index in [1.807, 2.05) is 91.9 Å². The Kier molecular flexibility index (Phi) is 7.88. The molecule has 2 aliphatic heterocycles. The van der Waals surface area contributed by atoms with E-state index in [0.717, 1.165) is 15.7 Å². The number of carbonyl (C=O) groups excluding carboxylic acids is 3. The number of nitrogens with zero attached hydrogens (tertiary/aromatic N) is 3. The van der Waals surface area contributed by atoms with Gasteiger partial charge in [-0.1, -0.05) is 64.5 Å². The molecule has 1 unspecified atom stereocenters. The molecule has 0 radical (unpaired) electrons. The summed E-state index contributed by atoms with van der Waals surface area (Å²) in [6.45, 7) is 3.10. The standard InChI is InChI=1S/C30H32BrN5O3/c1-22(23-8-4-2-5-9-23)32-27(37)20-35-21-36(26-10-6-3-7-11-26)30(28(35)38)16-18-34(19-17-30)29(39)33-25-14-12-24(31)13-15-25/h2-15,22H,16-21H2,1H3,(H,32,37)(H,33,39). The van der Waals surface area contributed by atoms with Crippen LogP contribution in [0.25, 0.3) is 0 Å². The average molecular weight is 591 g/mol. The van der Waals surface area contributed by atoms with Gasteiger partial charge >= 0.3 is 6.03 Å². The van der Waals surface area contributed by atoms with Crippen LogP contribution in [0, 0.1) is 0 Å². The van der Waals surface area contributed by atoms with Crippen molar-refractivity contribution < 1.29 is 14.4 Å². The molecule has 0 bridgehead atoms. The zero-order valence-corrected chi connectivity index (χ0v) is 23.4. The number of nitrogens with one attached hydrogen (secondary N) is 2. The van der Waals surface area contributed by atoms with E-state index in [1.165, 1.54) is 0 Å². The molecule has 2 fully saturated rings. The van der Waals surface area contributed by atoms with Crippen LogP contribution in [0.2, 0.25) is 0 Å². The molecule has 3 aromatic rings. The van der Waals surface area contributed by atoms with Crippen LogP contribution in [0.15, 0.2) is 89.4 Å². The first-order valence-electron chi connectivity index (χ1n) is 13.1. The number of amides is 4. The quantitative estimate of drug-likeness (QED) is 0.424. The van der Waals surface area contributed by atoms with Crippen LogP contribution >= 0.6 is 15.9 Å². The number of anilines is 2. The minimum Gasteiger partial charge on any atom is -0.348 e. The van der Waals surface area contributed by atoms with Gasteiger partial charge in [0.2, 0.25) is 5.91 Å². The number of urea groups is 1. The Bertz CT molecular complexity index is 1310. The van der Waals surface area contributed by atoms with Crippen molar-refractivity contribution in [2.45, 2.75) is 31.3 Å². The van der Waals surface area contributed by atoms with Gasteiger partial charge in [-0.25, -0.2) is 4.79 Å². The lowest BCUT2D eigenvalue weighted by molar-refractivity contribution is -0.137. The molecule has 0 saturated carbocycles. The molecule has 1 atom stereocenters. The predicted octanol–water partition coefficient (Wildman–Crippen LogP) is 5.00. The van der Waals surface area contributed by atoms with Crippen molar-refractivity contribution in [1.82, 2.24) is 15.1 Å². The van der Waals surface area contributed by atoms with E-state index in [-0.39, 0.29) is 30.4 Å². The Morgan fingerprint density at radius 3 is 2.18 bits per heavy atom. The summed E-state index contributed by atoms with van der Waals surface area (Å²) in [5, 5.41) is 5.97. The van der Waals surface area contributed by atoms with Crippen LogP contribution < -0.4 is 15.5 Å². The van der Waals surface area contributed by atoms with Gasteiger partial charge in [0.1, 0.15) is 12.1 Å². The second kappa shape index (κ2) is 11.5. The SMILES string of the molecule is CC(NC(=O)CN1CN(c2ccccc2)C2(CCN(C(=O)Nc3ccc(Br)cc3)CC2)C1=O)c1ccccc1. The molecular weight excluding hydrogens is 558 g/mol. The summed E-state index contributed by atoms with van der Waals surface area (Å²) >= 11 is 3.41. The largest absolute Gasteiger partial charge is 0.348 e. The van der Waals surface area contributed by atoms with Crippen LogP contribution in [0.1, 0.15) is 31.4 Å². The molecule has 2 N–H and O–H groups in total. The lowest BCUT2D eigenvalue weighted by Gasteiger charge is -2.43. The van der Waals surface area contributed by atoms with E-state index in [4.69, 9.17) is 0 Å². The fourth-order valence-corrected chi connectivity index (χ4v) is 5.69. The second-order valence-corrected chi connectivity index (χ2v) is 11.0. The molecule has 0 aromatic heterocycles. The Balaban J connectivity index is 1.28. The van der Waals surface area contributed by atoms with Gasteiger partial charge in [0.25, 0.3) is 5.91 Å². The fraction of sp³-hybridized carbons (Fsp3) is 0.300. The molecule has 39 heavy (non-hydrogen) atoms. The van der Waals surface area contributed by atoms with Gasteiger partial charge in [-0.15, -0.1) is 0 Å². The van der Waals surface area contributed by atoms with Gasteiger partial charge in [0.05, 0.1) is 12.7 Å². The Labute approximate surface area is 237 Å². The molecule has 4 amide bonds. The highest BCUT2D eigenvalue weighted by atomic mass is 79.9. The van der Waals surface area contributed by atoms with Crippen LogP contribution in [-0.2, 0) is 9.59 Å². The van der Waals surface area contributed by atoms with E-state index >= 15 is 0 Å². The Morgan fingerprint density at radius 2 is 1.54 bits per heavy atom. The maximum absolute atomic E-state index is 13.9. The lowest BCUT2D eigenvalue weighted by Crippen LogP contribution is -2.58. The molecule has 1 spiro atoms. The molecule has 0 aliphatic carbocycles. The van der Waals surface area contributed by atoms with Gasteiger partial charge in [-0.2, -0.15) is 0 Å². The van der Waals surface area contributed by atoms with Crippen molar-refractivity contribution in [3.63, 3.8) is 0 Å². The number of hydrogen-bond acceptors (Lipinski definition) is 4. The minimum atomic E-state index is -0.804. The summed E-state index contributed by atoms with van der Waals surface area (Å²) in [6, 6.07) is 26.7. The maximum Gasteiger partial charge on any atom is 0.321 e. The van der Waals surface area contributed by atoms with Gasteiger partial charge < -0.3 is 25.3 Å². The number of piperidine rings is 1. The van der Waals surface area contributed by atoms with Gasteiger partial charge in [-0.3, -0.25) is 9.59 Å². The maximum atomic E-state index is 13.9. The van der Waals surface area contributed by atoms with E-state index in [9.17, 15) is 14.4 Å². The summed E-state index contributed by atoms with van der Waals surface area (Å²) in [4.78, 5) is 45.4. The summed E-state index contributed by atoms with van der Waals surface area (Å²) in [7, 11) is 0. The molecule has 8 nitrogen and oxygen atoms in total. The number of rotatable bonds is 6. The van der Waals surface area contributed by atoms with Crippen LogP contribution in [0.3, 0.4) is 0 Å². The van der Waals surface area contributed by atoms with Crippen molar-refractivity contribution in [1.29, 1.82) is 0 Å². The van der Waals surface area contributed by atoms with E-state index < -0.39 is 5.54 Å². The first kappa shape index (κ1) is 26.7. The highest BCUT2D eigenvalue weighted by molar-refractivity contribution is 9.10.